The van der Waals surface area contributed by atoms with Crippen LogP contribution in [0.2, 0.25) is 0 Å². The molecule has 1 aliphatic rings. The highest BCUT2D eigenvalue weighted by Gasteiger charge is 2.23. The van der Waals surface area contributed by atoms with Gasteiger partial charge in [0.1, 0.15) is 0 Å². The van der Waals surface area contributed by atoms with Crippen molar-refractivity contribution in [2.45, 2.75) is 53.5 Å². The van der Waals surface area contributed by atoms with Gasteiger partial charge >= 0.3 is 0 Å². The number of rotatable bonds is 9. The van der Waals surface area contributed by atoms with Gasteiger partial charge in [-0.3, -0.25) is 9.79 Å². The van der Waals surface area contributed by atoms with Crippen molar-refractivity contribution in [3.63, 3.8) is 0 Å². The van der Waals surface area contributed by atoms with Crippen molar-refractivity contribution in [3.8, 4) is 5.75 Å². The van der Waals surface area contributed by atoms with E-state index >= 15 is 0 Å². The summed E-state index contributed by atoms with van der Waals surface area (Å²) in [5.41, 5.74) is 0.396. The SMILES string of the molecule is CCNC(=NCCNC(=O)C(C)(C)C)NC(C)c1ccc(OCC2CC2)c(F)c1.I. The van der Waals surface area contributed by atoms with Crippen molar-refractivity contribution in [1.29, 1.82) is 0 Å². The molecule has 0 bridgehead atoms. The highest BCUT2D eigenvalue weighted by atomic mass is 127. The molecule has 170 valence electrons. The average molecular weight is 534 g/mol. The van der Waals surface area contributed by atoms with Gasteiger partial charge in [-0.1, -0.05) is 26.8 Å². The van der Waals surface area contributed by atoms with E-state index in [1.54, 1.807) is 6.07 Å². The predicted octanol–water partition coefficient (Wildman–Crippen LogP) is 4.01. The molecular formula is C22H36FIN4O2. The maximum absolute atomic E-state index is 14.3. The minimum absolute atomic E-state index is 0. The molecular weight excluding hydrogens is 498 g/mol. The van der Waals surface area contributed by atoms with E-state index in [9.17, 15) is 9.18 Å². The number of ether oxygens (including phenoxy) is 1. The van der Waals surface area contributed by atoms with Gasteiger partial charge in [0.05, 0.1) is 19.2 Å². The molecule has 2 rings (SSSR count). The third-order valence-corrected chi connectivity index (χ3v) is 4.67. The monoisotopic (exact) mass is 534 g/mol. The van der Waals surface area contributed by atoms with E-state index < -0.39 is 5.41 Å². The van der Waals surface area contributed by atoms with Crippen molar-refractivity contribution in [2.24, 2.45) is 16.3 Å². The number of nitrogens with zero attached hydrogens (tertiary/aromatic N) is 1. The molecule has 0 saturated heterocycles. The molecule has 1 unspecified atom stereocenters. The number of guanidine groups is 1. The second-order valence-corrected chi connectivity index (χ2v) is 8.58. The maximum atomic E-state index is 14.3. The Hall–Kier alpha value is -1.58. The lowest BCUT2D eigenvalue weighted by Crippen LogP contribution is -2.40. The summed E-state index contributed by atoms with van der Waals surface area (Å²) < 4.78 is 19.9. The number of carbonyl (C=O) groups excluding carboxylic acids is 1. The van der Waals surface area contributed by atoms with Crippen LogP contribution in [0.4, 0.5) is 4.39 Å². The maximum Gasteiger partial charge on any atom is 0.225 e. The Balaban J connectivity index is 0.00000450. The first kappa shape index (κ1) is 26.5. The largest absolute Gasteiger partial charge is 0.490 e. The lowest BCUT2D eigenvalue weighted by atomic mass is 9.96. The fourth-order valence-electron chi connectivity index (χ4n) is 2.61. The van der Waals surface area contributed by atoms with Crippen LogP contribution in [-0.4, -0.2) is 38.1 Å². The Morgan fingerprint density at radius 2 is 2.00 bits per heavy atom. The van der Waals surface area contributed by atoms with E-state index in [1.807, 2.05) is 40.7 Å². The van der Waals surface area contributed by atoms with Crippen LogP contribution in [0.25, 0.3) is 0 Å². The zero-order valence-corrected chi connectivity index (χ0v) is 21.0. The molecule has 8 heteroatoms. The fourth-order valence-corrected chi connectivity index (χ4v) is 2.61. The van der Waals surface area contributed by atoms with Crippen LogP contribution in [0.5, 0.6) is 5.75 Å². The van der Waals surface area contributed by atoms with Gasteiger partial charge in [-0.05, 0) is 50.3 Å². The topological polar surface area (TPSA) is 74.8 Å². The molecule has 0 aromatic heterocycles. The van der Waals surface area contributed by atoms with E-state index in [1.165, 1.54) is 18.9 Å². The van der Waals surface area contributed by atoms with Crippen LogP contribution in [-0.2, 0) is 4.79 Å². The van der Waals surface area contributed by atoms with Gasteiger partial charge in [0.15, 0.2) is 17.5 Å². The summed E-state index contributed by atoms with van der Waals surface area (Å²) in [6.07, 6.45) is 2.35. The zero-order valence-electron chi connectivity index (χ0n) is 18.7. The molecule has 6 nitrogen and oxygen atoms in total. The smallest absolute Gasteiger partial charge is 0.225 e. The Kier molecular flexibility index (Phi) is 10.9. The number of benzene rings is 1. The van der Waals surface area contributed by atoms with E-state index in [0.717, 1.165) is 5.56 Å². The van der Waals surface area contributed by atoms with Gasteiger partial charge in [0, 0.05) is 18.5 Å². The van der Waals surface area contributed by atoms with E-state index in [2.05, 4.69) is 20.9 Å². The van der Waals surface area contributed by atoms with Crippen LogP contribution in [0.3, 0.4) is 0 Å². The van der Waals surface area contributed by atoms with Gasteiger partial charge in [0.25, 0.3) is 0 Å². The highest BCUT2D eigenvalue weighted by molar-refractivity contribution is 14.0. The number of hydrogen-bond acceptors (Lipinski definition) is 3. The van der Waals surface area contributed by atoms with Crippen molar-refractivity contribution in [2.75, 3.05) is 26.2 Å². The zero-order chi connectivity index (χ0) is 21.4. The summed E-state index contributed by atoms with van der Waals surface area (Å²) in [5, 5.41) is 9.33. The summed E-state index contributed by atoms with van der Waals surface area (Å²) in [5.74, 6) is 1.17. The Bertz CT molecular complexity index is 718. The second-order valence-electron chi connectivity index (χ2n) is 8.58. The van der Waals surface area contributed by atoms with Gasteiger partial charge < -0.3 is 20.7 Å². The highest BCUT2D eigenvalue weighted by Crippen LogP contribution is 2.30. The lowest BCUT2D eigenvalue weighted by Gasteiger charge is -2.19. The standard InChI is InChI=1S/C22H35FN4O2.HI/c1-6-24-21(26-12-11-25-20(28)22(3,4)5)27-15(2)17-9-10-19(18(23)13-17)29-14-16-7-8-16;/h9-10,13,15-16H,6-8,11-12,14H2,1-5H3,(H,25,28)(H2,24,26,27);1H. The molecule has 1 fully saturated rings. The molecule has 0 spiro atoms. The normalized spacial score (nSPS) is 15.1. The quantitative estimate of drug-likeness (QED) is 0.194. The first-order valence-electron chi connectivity index (χ1n) is 10.5. The van der Waals surface area contributed by atoms with Crippen molar-refractivity contribution < 1.29 is 13.9 Å². The molecule has 1 aromatic rings. The predicted molar refractivity (Wildman–Crippen MR) is 130 cm³/mol. The molecule has 0 aliphatic heterocycles. The van der Waals surface area contributed by atoms with Gasteiger partial charge in [0.2, 0.25) is 5.91 Å². The first-order chi connectivity index (χ1) is 13.7. The van der Waals surface area contributed by atoms with Crippen molar-refractivity contribution in [3.05, 3.63) is 29.6 Å². The van der Waals surface area contributed by atoms with Crippen LogP contribution >= 0.6 is 24.0 Å². The molecule has 1 amide bonds. The van der Waals surface area contributed by atoms with Crippen LogP contribution in [0, 0.1) is 17.2 Å². The fraction of sp³-hybridized carbons (Fsp3) is 0.636. The summed E-state index contributed by atoms with van der Waals surface area (Å²) in [6.45, 7) is 11.8. The Labute approximate surface area is 196 Å². The number of carbonyl (C=O) groups is 1. The number of halogens is 2. The van der Waals surface area contributed by atoms with E-state index in [4.69, 9.17) is 4.74 Å². The van der Waals surface area contributed by atoms with Crippen LogP contribution in [0.1, 0.15) is 59.1 Å². The molecule has 1 saturated carbocycles. The molecule has 30 heavy (non-hydrogen) atoms. The molecule has 0 heterocycles. The second kappa shape index (κ2) is 12.3. The van der Waals surface area contributed by atoms with Crippen LogP contribution in [0.15, 0.2) is 23.2 Å². The van der Waals surface area contributed by atoms with E-state index in [-0.39, 0.29) is 41.7 Å². The molecule has 1 aromatic carbocycles. The number of aliphatic imine (C=N–C) groups is 1. The minimum Gasteiger partial charge on any atom is -0.490 e. The summed E-state index contributed by atoms with van der Waals surface area (Å²) in [4.78, 5) is 16.4. The van der Waals surface area contributed by atoms with Gasteiger partial charge in [-0.25, -0.2) is 4.39 Å². The average Bonchev–Trinajstić information content (AvgIpc) is 3.47. The first-order valence-corrected chi connectivity index (χ1v) is 10.5. The number of amides is 1. The molecule has 3 N–H and O–H groups in total. The molecule has 1 atom stereocenters. The minimum atomic E-state index is -0.417. The van der Waals surface area contributed by atoms with Crippen LogP contribution < -0.4 is 20.7 Å². The summed E-state index contributed by atoms with van der Waals surface area (Å²) in [6, 6.07) is 4.93. The van der Waals surface area contributed by atoms with Gasteiger partial charge in [-0.15, -0.1) is 24.0 Å². The third kappa shape index (κ3) is 9.06. The number of hydrogen-bond donors (Lipinski definition) is 3. The lowest BCUT2D eigenvalue weighted by molar-refractivity contribution is -0.128. The van der Waals surface area contributed by atoms with E-state index in [0.29, 0.717) is 43.9 Å². The number of nitrogens with one attached hydrogen (secondary N) is 3. The van der Waals surface area contributed by atoms with Crippen molar-refractivity contribution >= 4 is 35.8 Å². The third-order valence-electron chi connectivity index (χ3n) is 4.67. The molecule has 0 radical (unpaired) electrons. The van der Waals surface area contributed by atoms with Crippen molar-refractivity contribution in [1.82, 2.24) is 16.0 Å². The Morgan fingerprint density at radius 3 is 2.57 bits per heavy atom. The van der Waals surface area contributed by atoms with Gasteiger partial charge in [-0.2, -0.15) is 0 Å². The Morgan fingerprint density at radius 1 is 1.30 bits per heavy atom. The summed E-state index contributed by atoms with van der Waals surface area (Å²) in [7, 11) is 0. The molecule has 1 aliphatic carbocycles. The summed E-state index contributed by atoms with van der Waals surface area (Å²) >= 11 is 0.